The van der Waals surface area contributed by atoms with Crippen molar-refractivity contribution in [2.24, 2.45) is 5.92 Å². The number of terminal acetylenes is 1. The summed E-state index contributed by atoms with van der Waals surface area (Å²) in [4.78, 5) is 13.1. The number of hydrogen-bond acceptors (Lipinski definition) is 2. The Morgan fingerprint density at radius 3 is 2.67 bits per heavy atom. The minimum Gasteiger partial charge on any atom is -0.377 e. The molecule has 0 N–H and O–H groups in total. The van der Waals surface area contributed by atoms with Gasteiger partial charge in [-0.3, -0.25) is 4.79 Å². The Kier molecular flexibility index (Phi) is 2.72. The third-order valence-electron chi connectivity index (χ3n) is 2.14. The summed E-state index contributed by atoms with van der Waals surface area (Å²) in [6.45, 7) is 3.01. The summed E-state index contributed by atoms with van der Waals surface area (Å²) in [5.41, 5.74) is 0. The molecular formula is C9H13NO2. The van der Waals surface area contributed by atoms with Gasteiger partial charge in [0, 0.05) is 7.05 Å². The molecule has 1 fully saturated rings. The highest BCUT2D eigenvalue weighted by Crippen LogP contribution is 2.11. The number of carbonyl (C=O) groups excluding carboxylic acids is 1. The van der Waals surface area contributed by atoms with Crippen molar-refractivity contribution in [1.29, 1.82) is 0 Å². The van der Waals surface area contributed by atoms with Crippen molar-refractivity contribution >= 4 is 5.91 Å². The predicted molar refractivity (Wildman–Crippen MR) is 45.4 cm³/mol. The maximum absolute atomic E-state index is 11.4. The number of carbonyl (C=O) groups is 1. The lowest BCUT2D eigenvalue weighted by molar-refractivity contribution is -0.143. The smallest absolute Gasteiger partial charge is 0.237 e. The second kappa shape index (κ2) is 3.59. The van der Waals surface area contributed by atoms with Gasteiger partial charge in [0.2, 0.25) is 5.91 Å². The van der Waals surface area contributed by atoms with E-state index in [-0.39, 0.29) is 17.9 Å². The first-order valence-corrected chi connectivity index (χ1v) is 3.97. The minimum absolute atomic E-state index is 0.00537. The van der Waals surface area contributed by atoms with Crippen LogP contribution in [0.2, 0.25) is 0 Å². The van der Waals surface area contributed by atoms with Crippen LogP contribution >= 0.6 is 0 Å². The topological polar surface area (TPSA) is 29.5 Å². The molecule has 0 bridgehead atoms. The van der Waals surface area contributed by atoms with Gasteiger partial charge in [0.05, 0.1) is 25.2 Å². The molecule has 0 unspecified atom stereocenters. The van der Waals surface area contributed by atoms with Crippen LogP contribution in [-0.2, 0) is 9.53 Å². The zero-order valence-electron chi connectivity index (χ0n) is 7.41. The molecule has 12 heavy (non-hydrogen) atoms. The van der Waals surface area contributed by atoms with E-state index >= 15 is 0 Å². The maximum Gasteiger partial charge on any atom is 0.237 e. The van der Waals surface area contributed by atoms with Crippen molar-refractivity contribution in [3.8, 4) is 12.3 Å². The number of rotatable bonds is 2. The molecule has 1 aliphatic rings. The van der Waals surface area contributed by atoms with E-state index in [9.17, 15) is 4.79 Å². The Balaban J connectivity index is 2.46. The Morgan fingerprint density at radius 2 is 2.33 bits per heavy atom. The number of hydrogen-bond donors (Lipinski definition) is 0. The molecule has 1 atom stereocenters. The van der Waals surface area contributed by atoms with Crippen molar-refractivity contribution in [3.05, 3.63) is 0 Å². The summed E-state index contributed by atoms with van der Waals surface area (Å²) in [6.07, 6.45) is 5.14. The van der Waals surface area contributed by atoms with E-state index < -0.39 is 0 Å². The van der Waals surface area contributed by atoms with Crippen molar-refractivity contribution in [1.82, 2.24) is 4.90 Å². The third-order valence-corrected chi connectivity index (χ3v) is 2.14. The first-order valence-electron chi connectivity index (χ1n) is 3.97. The first-order chi connectivity index (χ1) is 5.66. The molecule has 0 aromatic rings. The van der Waals surface area contributed by atoms with Gasteiger partial charge in [-0.25, -0.2) is 0 Å². The monoisotopic (exact) mass is 167 g/mol. The second-order valence-corrected chi connectivity index (χ2v) is 3.03. The summed E-state index contributed by atoms with van der Waals surface area (Å²) >= 11 is 0. The molecule has 0 spiro atoms. The van der Waals surface area contributed by atoms with E-state index in [1.165, 1.54) is 0 Å². The molecule has 1 amide bonds. The molecular weight excluding hydrogens is 154 g/mol. The van der Waals surface area contributed by atoms with Gasteiger partial charge in [0.25, 0.3) is 0 Å². The third kappa shape index (κ3) is 1.59. The lowest BCUT2D eigenvalue weighted by Crippen LogP contribution is -2.50. The molecule has 1 saturated heterocycles. The number of nitrogens with zero attached hydrogens (tertiary/aromatic N) is 1. The summed E-state index contributed by atoms with van der Waals surface area (Å²) in [5.74, 6) is 2.10. The zero-order valence-corrected chi connectivity index (χ0v) is 7.41. The van der Waals surface area contributed by atoms with Gasteiger partial charge < -0.3 is 9.64 Å². The predicted octanol–water partition coefficient (Wildman–Crippen LogP) is 0.113. The van der Waals surface area contributed by atoms with E-state index in [0.29, 0.717) is 13.2 Å². The number of ether oxygens (including phenoxy) is 1. The lowest BCUT2D eigenvalue weighted by Gasteiger charge is -2.35. The van der Waals surface area contributed by atoms with Crippen LogP contribution in [0.4, 0.5) is 0 Å². The van der Waals surface area contributed by atoms with Gasteiger partial charge in [-0.05, 0) is 6.92 Å². The molecule has 66 valence electrons. The largest absolute Gasteiger partial charge is 0.377 e. The van der Waals surface area contributed by atoms with Crippen molar-refractivity contribution in [3.63, 3.8) is 0 Å². The fourth-order valence-electron chi connectivity index (χ4n) is 1.00. The summed E-state index contributed by atoms with van der Waals surface area (Å²) < 4.78 is 4.97. The second-order valence-electron chi connectivity index (χ2n) is 3.03. The van der Waals surface area contributed by atoms with Crippen molar-refractivity contribution in [2.75, 3.05) is 20.3 Å². The normalized spacial score (nSPS) is 19.1. The van der Waals surface area contributed by atoms with Crippen LogP contribution < -0.4 is 0 Å². The quantitative estimate of drug-likeness (QED) is 0.546. The fourth-order valence-corrected chi connectivity index (χ4v) is 1.00. The molecule has 1 rings (SSSR count). The van der Waals surface area contributed by atoms with E-state index in [1.807, 2.05) is 0 Å². The minimum atomic E-state index is -0.324. The standard InChI is InChI=1S/C9H13NO2/c1-4-7(2)9(11)10(3)8-5-12-6-8/h1,7-8H,5-6H2,2-3H3/t7-/m1/s1. The zero-order chi connectivity index (χ0) is 9.14. The van der Waals surface area contributed by atoms with Crippen LogP contribution in [0.25, 0.3) is 0 Å². The molecule has 1 aliphatic heterocycles. The number of likely N-dealkylation sites (N-methyl/N-ethyl adjacent to an activating group) is 1. The van der Waals surface area contributed by atoms with Crippen LogP contribution in [0.1, 0.15) is 6.92 Å². The van der Waals surface area contributed by atoms with Crippen LogP contribution in [0.5, 0.6) is 0 Å². The summed E-state index contributed by atoms with van der Waals surface area (Å²) in [5, 5.41) is 0. The lowest BCUT2D eigenvalue weighted by atomic mass is 10.1. The molecule has 1 heterocycles. The van der Waals surface area contributed by atoms with Crippen molar-refractivity contribution in [2.45, 2.75) is 13.0 Å². The Morgan fingerprint density at radius 1 is 1.75 bits per heavy atom. The molecule has 0 radical (unpaired) electrons. The van der Waals surface area contributed by atoms with Gasteiger partial charge in [-0.1, -0.05) is 5.92 Å². The van der Waals surface area contributed by atoms with E-state index in [4.69, 9.17) is 11.2 Å². The van der Waals surface area contributed by atoms with Crippen molar-refractivity contribution < 1.29 is 9.53 Å². The SMILES string of the molecule is C#C[C@@H](C)C(=O)N(C)C1COC1. The number of amides is 1. The van der Waals surface area contributed by atoms with Gasteiger partial charge in [-0.2, -0.15) is 0 Å². The average molecular weight is 167 g/mol. The highest BCUT2D eigenvalue weighted by Gasteiger charge is 2.28. The molecule has 3 heteroatoms. The van der Waals surface area contributed by atoms with E-state index in [2.05, 4.69) is 5.92 Å². The Bertz CT molecular complexity index is 215. The van der Waals surface area contributed by atoms with Gasteiger partial charge in [-0.15, -0.1) is 6.42 Å². The van der Waals surface area contributed by atoms with E-state index in [0.717, 1.165) is 0 Å². The highest BCUT2D eigenvalue weighted by molar-refractivity contribution is 5.81. The van der Waals surface area contributed by atoms with Crippen LogP contribution in [0.15, 0.2) is 0 Å². The van der Waals surface area contributed by atoms with Gasteiger partial charge >= 0.3 is 0 Å². The van der Waals surface area contributed by atoms with Crippen LogP contribution in [0, 0.1) is 18.3 Å². The Hall–Kier alpha value is -1.01. The maximum atomic E-state index is 11.4. The van der Waals surface area contributed by atoms with Gasteiger partial charge in [0.1, 0.15) is 0 Å². The average Bonchev–Trinajstić information content (AvgIpc) is 1.98. The van der Waals surface area contributed by atoms with E-state index in [1.54, 1.807) is 18.9 Å². The molecule has 0 aromatic heterocycles. The fraction of sp³-hybridized carbons (Fsp3) is 0.667. The Labute approximate surface area is 72.7 Å². The van der Waals surface area contributed by atoms with Crippen LogP contribution in [0.3, 0.4) is 0 Å². The summed E-state index contributed by atoms with van der Waals surface area (Å²) in [6, 6.07) is 0.230. The van der Waals surface area contributed by atoms with Gasteiger partial charge in [0.15, 0.2) is 0 Å². The van der Waals surface area contributed by atoms with Crippen LogP contribution in [-0.4, -0.2) is 37.1 Å². The summed E-state index contributed by atoms with van der Waals surface area (Å²) in [7, 11) is 1.77. The molecule has 3 nitrogen and oxygen atoms in total. The first kappa shape index (κ1) is 9.08. The molecule has 0 saturated carbocycles. The molecule has 0 aromatic carbocycles. The highest BCUT2D eigenvalue weighted by atomic mass is 16.5. The molecule has 0 aliphatic carbocycles.